The number of nitrogens with zero attached hydrogens (tertiary/aromatic N) is 1. The molecular weight excluding hydrogens is 374 g/mol. The van der Waals surface area contributed by atoms with E-state index in [2.05, 4.69) is 5.32 Å². The van der Waals surface area contributed by atoms with Crippen molar-refractivity contribution in [2.24, 2.45) is 5.73 Å². The molecule has 0 radical (unpaired) electrons. The number of nitrogens with one attached hydrogen (secondary N) is 1. The van der Waals surface area contributed by atoms with Crippen molar-refractivity contribution in [1.29, 1.82) is 0 Å². The second-order valence-corrected chi connectivity index (χ2v) is 6.16. The molecule has 1 aromatic carbocycles. The molecule has 0 aliphatic carbocycles. The number of rotatable bonds is 7. The third-order valence-electron chi connectivity index (χ3n) is 3.36. The maximum Gasteiger partial charge on any atom is 0.331 e. The van der Waals surface area contributed by atoms with Crippen molar-refractivity contribution in [3.63, 3.8) is 0 Å². The van der Waals surface area contributed by atoms with Gasteiger partial charge in [0.15, 0.2) is 6.10 Å². The van der Waals surface area contributed by atoms with Crippen LogP contribution in [-0.4, -0.2) is 28.8 Å². The van der Waals surface area contributed by atoms with E-state index in [0.29, 0.717) is 0 Å². The summed E-state index contributed by atoms with van der Waals surface area (Å²) in [5.41, 5.74) is 5.41. The topological polar surface area (TPSA) is 142 Å². The summed E-state index contributed by atoms with van der Waals surface area (Å²) in [7, 11) is 0. The zero-order valence-corrected chi connectivity index (χ0v) is 14.9. The molecule has 1 atom stereocenters. The van der Waals surface area contributed by atoms with E-state index in [1.54, 1.807) is 11.4 Å². The highest BCUT2D eigenvalue weighted by Crippen LogP contribution is 2.23. The number of esters is 1. The Hall–Kier alpha value is -3.53. The number of benzene rings is 1. The molecule has 3 N–H and O–H groups in total. The second-order valence-electron chi connectivity index (χ2n) is 5.25. The molecule has 1 aromatic heterocycles. The van der Waals surface area contributed by atoms with E-state index in [-0.39, 0.29) is 21.8 Å². The summed E-state index contributed by atoms with van der Waals surface area (Å²) in [6, 6.07) is 7.34. The van der Waals surface area contributed by atoms with Crippen LogP contribution in [-0.2, 0) is 14.3 Å². The molecule has 2 amide bonds. The zero-order chi connectivity index (χ0) is 20.0. The van der Waals surface area contributed by atoms with Gasteiger partial charge in [-0.05, 0) is 30.5 Å². The molecule has 0 saturated heterocycles. The number of carbonyl (C=O) groups is 3. The van der Waals surface area contributed by atoms with Gasteiger partial charge in [-0.1, -0.05) is 12.1 Å². The Kier molecular flexibility index (Phi) is 6.39. The summed E-state index contributed by atoms with van der Waals surface area (Å²) in [4.78, 5) is 45.6. The van der Waals surface area contributed by atoms with Crippen molar-refractivity contribution in [3.05, 3.63) is 63.0 Å². The largest absolute Gasteiger partial charge is 0.449 e. The molecule has 9 nitrogen and oxygen atoms in total. The van der Waals surface area contributed by atoms with E-state index < -0.39 is 28.8 Å². The van der Waals surface area contributed by atoms with E-state index >= 15 is 0 Å². The SMILES string of the molecule is CC(OC(=O)/C=C/c1ccccc1[N+](=O)[O-])C(=O)Nc1sccc1C(N)=O. The van der Waals surface area contributed by atoms with Crippen LogP contribution in [0.1, 0.15) is 22.8 Å². The second kappa shape index (κ2) is 8.72. The van der Waals surface area contributed by atoms with Gasteiger partial charge in [-0.25, -0.2) is 4.79 Å². The lowest BCUT2D eigenvalue weighted by Crippen LogP contribution is -2.29. The summed E-state index contributed by atoms with van der Waals surface area (Å²) in [5.74, 6) is -2.19. The van der Waals surface area contributed by atoms with Gasteiger partial charge in [-0.15, -0.1) is 11.3 Å². The van der Waals surface area contributed by atoms with Crippen molar-refractivity contribution < 1.29 is 24.0 Å². The third-order valence-corrected chi connectivity index (χ3v) is 4.19. The van der Waals surface area contributed by atoms with Gasteiger partial charge in [0.2, 0.25) is 0 Å². The van der Waals surface area contributed by atoms with Crippen molar-refractivity contribution in [2.45, 2.75) is 13.0 Å². The van der Waals surface area contributed by atoms with Gasteiger partial charge < -0.3 is 15.8 Å². The molecule has 1 unspecified atom stereocenters. The summed E-state index contributed by atoms with van der Waals surface area (Å²) >= 11 is 1.10. The van der Waals surface area contributed by atoms with E-state index in [4.69, 9.17) is 10.5 Å². The average Bonchev–Trinajstić information content (AvgIpc) is 3.08. The fourth-order valence-electron chi connectivity index (χ4n) is 2.03. The molecule has 0 aliphatic heterocycles. The predicted octanol–water partition coefficient (Wildman–Crippen LogP) is 2.34. The number of carbonyl (C=O) groups excluding carboxylic acids is 3. The molecule has 27 heavy (non-hydrogen) atoms. The fraction of sp³-hybridized carbons (Fsp3) is 0.118. The highest BCUT2D eigenvalue weighted by atomic mass is 32.1. The van der Waals surface area contributed by atoms with E-state index in [1.165, 1.54) is 37.3 Å². The number of primary amides is 1. The van der Waals surface area contributed by atoms with Crippen LogP contribution >= 0.6 is 11.3 Å². The normalized spacial score (nSPS) is 11.7. The van der Waals surface area contributed by atoms with Gasteiger partial charge in [0.1, 0.15) is 5.00 Å². The number of para-hydroxylation sites is 1. The summed E-state index contributed by atoms with van der Waals surface area (Å²) < 4.78 is 4.96. The molecule has 2 aromatic rings. The van der Waals surface area contributed by atoms with Crippen LogP contribution in [0, 0.1) is 10.1 Å². The van der Waals surface area contributed by atoms with Gasteiger partial charge in [0.25, 0.3) is 17.5 Å². The van der Waals surface area contributed by atoms with Crippen LogP contribution < -0.4 is 11.1 Å². The van der Waals surface area contributed by atoms with E-state index in [0.717, 1.165) is 17.4 Å². The summed E-state index contributed by atoms with van der Waals surface area (Å²) in [6.45, 7) is 1.35. The van der Waals surface area contributed by atoms with Crippen molar-refractivity contribution in [2.75, 3.05) is 5.32 Å². The predicted molar refractivity (Wildman–Crippen MR) is 99.2 cm³/mol. The molecule has 0 fully saturated rings. The lowest BCUT2D eigenvalue weighted by atomic mass is 10.1. The molecule has 140 valence electrons. The third kappa shape index (κ3) is 5.22. The first kappa shape index (κ1) is 19.8. The Bertz CT molecular complexity index is 921. The average molecular weight is 389 g/mol. The first-order valence-electron chi connectivity index (χ1n) is 7.60. The number of ether oxygens (including phenoxy) is 1. The van der Waals surface area contributed by atoms with Gasteiger partial charge in [-0.3, -0.25) is 19.7 Å². The number of nitro groups is 1. The van der Waals surface area contributed by atoms with Crippen LogP contribution in [0.15, 0.2) is 41.8 Å². The number of thiophene rings is 1. The van der Waals surface area contributed by atoms with Crippen LogP contribution in [0.2, 0.25) is 0 Å². The van der Waals surface area contributed by atoms with E-state index in [1.807, 2.05) is 0 Å². The minimum absolute atomic E-state index is 0.156. The molecule has 0 bridgehead atoms. The van der Waals surface area contributed by atoms with Gasteiger partial charge in [-0.2, -0.15) is 0 Å². The highest BCUT2D eigenvalue weighted by Gasteiger charge is 2.20. The van der Waals surface area contributed by atoms with Gasteiger partial charge >= 0.3 is 5.97 Å². The maximum atomic E-state index is 12.1. The Morgan fingerprint density at radius 2 is 2.00 bits per heavy atom. The molecule has 2 rings (SSSR count). The summed E-state index contributed by atoms with van der Waals surface area (Å²) in [5, 5.41) is 15.2. The number of nitrogens with two attached hydrogens (primary N) is 1. The molecule has 0 spiro atoms. The first-order valence-corrected chi connectivity index (χ1v) is 8.48. The monoisotopic (exact) mass is 389 g/mol. The minimum Gasteiger partial charge on any atom is -0.449 e. The van der Waals surface area contributed by atoms with Crippen molar-refractivity contribution >= 4 is 45.9 Å². The number of nitro benzene ring substituents is 1. The number of anilines is 1. The Balaban J connectivity index is 1.99. The van der Waals surface area contributed by atoms with Gasteiger partial charge in [0.05, 0.1) is 16.1 Å². The van der Waals surface area contributed by atoms with Crippen LogP contribution in [0.3, 0.4) is 0 Å². The lowest BCUT2D eigenvalue weighted by Gasteiger charge is -2.12. The molecule has 10 heteroatoms. The minimum atomic E-state index is -1.16. The highest BCUT2D eigenvalue weighted by molar-refractivity contribution is 7.14. The first-order chi connectivity index (χ1) is 12.8. The molecule has 0 saturated carbocycles. The van der Waals surface area contributed by atoms with Crippen molar-refractivity contribution in [1.82, 2.24) is 0 Å². The zero-order valence-electron chi connectivity index (χ0n) is 14.1. The number of hydrogen-bond acceptors (Lipinski definition) is 7. The molecule has 1 heterocycles. The van der Waals surface area contributed by atoms with Crippen LogP contribution in [0.25, 0.3) is 6.08 Å². The molecule has 0 aliphatic rings. The number of amides is 2. The standard InChI is InChI=1S/C17H15N3O6S/c1-10(16(23)19-17-12(15(18)22)8-9-27-17)26-14(21)7-6-11-4-2-3-5-13(11)20(24)25/h2-10H,1H3,(H2,18,22)(H,19,23)/b7-6+. The smallest absolute Gasteiger partial charge is 0.331 e. The maximum absolute atomic E-state index is 12.1. The van der Waals surface area contributed by atoms with Gasteiger partial charge in [0, 0.05) is 12.1 Å². The Morgan fingerprint density at radius 3 is 2.67 bits per heavy atom. The van der Waals surface area contributed by atoms with E-state index in [9.17, 15) is 24.5 Å². The van der Waals surface area contributed by atoms with Crippen molar-refractivity contribution in [3.8, 4) is 0 Å². The Morgan fingerprint density at radius 1 is 1.30 bits per heavy atom. The van der Waals surface area contributed by atoms with Crippen LogP contribution in [0.4, 0.5) is 10.7 Å². The summed E-state index contributed by atoms with van der Waals surface area (Å²) in [6.07, 6.45) is 1.07. The van der Waals surface area contributed by atoms with Crippen LogP contribution in [0.5, 0.6) is 0 Å². The molecular formula is C17H15N3O6S. The fourth-order valence-corrected chi connectivity index (χ4v) is 2.83. The number of hydrogen-bond donors (Lipinski definition) is 2. The Labute approximate surface area is 157 Å². The quantitative estimate of drug-likeness (QED) is 0.322. The lowest BCUT2D eigenvalue weighted by molar-refractivity contribution is -0.385.